The Balaban J connectivity index is 1.72. The predicted octanol–water partition coefficient (Wildman–Crippen LogP) is 5.03. The van der Waals surface area contributed by atoms with E-state index in [4.69, 9.17) is 4.74 Å². The summed E-state index contributed by atoms with van der Waals surface area (Å²) in [4.78, 5) is 4.52. The standard InChI is InChI=1S/C17H14BrN3OS/c1-22-16-8-7-14(18)9-13(16)10-19-21-17-20-15(11-23-17)12-5-3-2-4-6-12/h2-11H,1H3,(H,20,21). The van der Waals surface area contributed by atoms with Crippen LogP contribution in [0.2, 0.25) is 0 Å². The molecule has 2 aromatic carbocycles. The third-order valence-corrected chi connectivity index (χ3v) is 4.37. The number of halogens is 1. The number of nitrogens with zero attached hydrogens (tertiary/aromatic N) is 2. The molecule has 0 radical (unpaired) electrons. The smallest absolute Gasteiger partial charge is 0.203 e. The van der Waals surface area contributed by atoms with Crippen molar-refractivity contribution in [3.8, 4) is 17.0 Å². The number of thiazole rings is 1. The van der Waals surface area contributed by atoms with Gasteiger partial charge in [0.25, 0.3) is 0 Å². The maximum atomic E-state index is 5.31. The summed E-state index contributed by atoms with van der Waals surface area (Å²) >= 11 is 4.96. The molecule has 0 aliphatic carbocycles. The SMILES string of the molecule is COc1ccc(Br)cc1C=NNc1nc(-c2ccccc2)cs1. The van der Waals surface area contributed by atoms with Gasteiger partial charge in [-0.3, -0.25) is 5.43 Å². The molecule has 0 saturated carbocycles. The van der Waals surface area contributed by atoms with Crippen molar-refractivity contribution < 1.29 is 4.74 Å². The molecule has 0 spiro atoms. The van der Waals surface area contributed by atoms with Gasteiger partial charge < -0.3 is 4.74 Å². The highest BCUT2D eigenvalue weighted by Crippen LogP contribution is 2.25. The van der Waals surface area contributed by atoms with E-state index in [-0.39, 0.29) is 0 Å². The summed E-state index contributed by atoms with van der Waals surface area (Å²) < 4.78 is 6.28. The van der Waals surface area contributed by atoms with Gasteiger partial charge in [-0.15, -0.1) is 11.3 Å². The van der Waals surface area contributed by atoms with E-state index in [1.165, 1.54) is 11.3 Å². The van der Waals surface area contributed by atoms with Gasteiger partial charge in [0.1, 0.15) is 5.75 Å². The quantitative estimate of drug-likeness (QED) is 0.493. The molecule has 0 amide bonds. The second-order valence-electron chi connectivity index (χ2n) is 4.66. The summed E-state index contributed by atoms with van der Waals surface area (Å²) in [6, 6.07) is 15.8. The number of benzene rings is 2. The number of rotatable bonds is 5. The first kappa shape index (κ1) is 15.7. The zero-order chi connectivity index (χ0) is 16.1. The molecule has 6 heteroatoms. The Morgan fingerprint density at radius 2 is 2.04 bits per heavy atom. The molecule has 116 valence electrons. The van der Waals surface area contributed by atoms with Gasteiger partial charge in [0, 0.05) is 21.0 Å². The lowest BCUT2D eigenvalue weighted by atomic mass is 10.2. The molecule has 3 rings (SSSR count). The van der Waals surface area contributed by atoms with Gasteiger partial charge in [0.05, 0.1) is 19.0 Å². The Kier molecular flexibility index (Phi) is 5.05. The van der Waals surface area contributed by atoms with Crippen LogP contribution >= 0.6 is 27.3 Å². The zero-order valence-electron chi connectivity index (χ0n) is 12.4. The van der Waals surface area contributed by atoms with Gasteiger partial charge in [-0.1, -0.05) is 46.3 Å². The van der Waals surface area contributed by atoms with Crippen LogP contribution in [-0.4, -0.2) is 18.3 Å². The van der Waals surface area contributed by atoms with Crippen LogP contribution in [0.3, 0.4) is 0 Å². The van der Waals surface area contributed by atoms with Gasteiger partial charge in [-0.25, -0.2) is 4.98 Å². The van der Waals surface area contributed by atoms with E-state index in [2.05, 4.69) is 31.4 Å². The minimum atomic E-state index is 0.745. The van der Waals surface area contributed by atoms with E-state index in [9.17, 15) is 0 Å². The number of hydrazone groups is 1. The number of aromatic nitrogens is 1. The van der Waals surface area contributed by atoms with Crippen molar-refractivity contribution in [3.05, 3.63) is 63.9 Å². The van der Waals surface area contributed by atoms with Gasteiger partial charge in [0.15, 0.2) is 0 Å². The maximum absolute atomic E-state index is 5.31. The van der Waals surface area contributed by atoms with E-state index in [0.29, 0.717) is 0 Å². The number of ether oxygens (including phenoxy) is 1. The lowest BCUT2D eigenvalue weighted by molar-refractivity contribution is 0.414. The first-order valence-electron chi connectivity index (χ1n) is 6.90. The van der Waals surface area contributed by atoms with E-state index in [1.807, 2.05) is 53.9 Å². The van der Waals surface area contributed by atoms with Gasteiger partial charge >= 0.3 is 0 Å². The summed E-state index contributed by atoms with van der Waals surface area (Å²) in [5.41, 5.74) is 5.87. The van der Waals surface area contributed by atoms with Gasteiger partial charge in [0.2, 0.25) is 5.13 Å². The third-order valence-electron chi connectivity index (χ3n) is 3.13. The summed E-state index contributed by atoms with van der Waals surface area (Å²) in [6.07, 6.45) is 1.72. The van der Waals surface area contributed by atoms with Crippen LogP contribution in [0, 0.1) is 0 Å². The van der Waals surface area contributed by atoms with Crippen LogP contribution in [0.1, 0.15) is 5.56 Å². The lowest BCUT2D eigenvalue weighted by Gasteiger charge is -2.04. The second kappa shape index (κ2) is 7.39. The summed E-state index contributed by atoms with van der Waals surface area (Å²) in [5.74, 6) is 0.767. The molecular formula is C17H14BrN3OS. The Hall–Kier alpha value is -2.18. The minimum Gasteiger partial charge on any atom is -0.496 e. The van der Waals surface area contributed by atoms with Crippen LogP contribution < -0.4 is 10.2 Å². The monoisotopic (exact) mass is 387 g/mol. The van der Waals surface area contributed by atoms with Crippen molar-refractivity contribution in [2.24, 2.45) is 5.10 Å². The molecule has 0 aliphatic heterocycles. The van der Waals surface area contributed by atoms with Crippen molar-refractivity contribution in [2.75, 3.05) is 12.5 Å². The van der Waals surface area contributed by atoms with Crippen LogP contribution in [0.15, 0.2) is 63.5 Å². The minimum absolute atomic E-state index is 0.745. The van der Waals surface area contributed by atoms with Crippen molar-refractivity contribution in [3.63, 3.8) is 0 Å². The van der Waals surface area contributed by atoms with Crippen LogP contribution in [-0.2, 0) is 0 Å². The fourth-order valence-electron chi connectivity index (χ4n) is 2.03. The van der Waals surface area contributed by atoms with Crippen molar-refractivity contribution >= 4 is 38.6 Å². The largest absolute Gasteiger partial charge is 0.496 e. The highest BCUT2D eigenvalue weighted by atomic mass is 79.9. The van der Waals surface area contributed by atoms with Crippen molar-refractivity contribution in [1.29, 1.82) is 0 Å². The first-order chi connectivity index (χ1) is 11.3. The van der Waals surface area contributed by atoms with E-state index >= 15 is 0 Å². The van der Waals surface area contributed by atoms with E-state index in [1.54, 1.807) is 13.3 Å². The molecule has 0 atom stereocenters. The van der Waals surface area contributed by atoms with Crippen molar-refractivity contribution in [1.82, 2.24) is 4.98 Å². The molecule has 0 saturated heterocycles. The summed E-state index contributed by atoms with van der Waals surface area (Å²) in [5, 5.41) is 6.99. The zero-order valence-corrected chi connectivity index (χ0v) is 14.8. The number of methoxy groups -OCH3 is 1. The maximum Gasteiger partial charge on any atom is 0.203 e. The molecule has 1 heterocycles. The lowest BCUT2D eigenvalue weighted by Crippen LogP contribution is -1.94. The Morgan fingerprint density at radius 1 is 1.22 bits per heavy atom. The predicted molar refractivity (Wildman–Crippen MR) is 99.5 cm³/mol. The fourth-order valence-corrected chi connectivity index (χ4v) is 3.08. The fraction of sp³-hybridized carbons (Fsp3) is 0.0588. The molecule has 0 fully saturated rings. The Bertz CT molecular complexity index is 818. The van der Waals surface area contributed by atoms with Gasteiger partial charge in [-0.2, -0.15) is 5.10 Å². The van der Waals surface area contributed by atoms with Crippen LogP contribution in [0.5, 0.6) is 5.75 Å². The number of hydrogen-bond donors (Lipinski definition) is 1. The average Bonchev–Trinajstić information content (AvgIpc) is 3.05. The average molecular weight is 388 g/mol. The number of nitrogens with one attached hydrogen (secondary N) is 1. The summed E-state index contributed by atoms with van der Waals surface area (Å²) in [7, 11) is 1.64. The molecule has 4 nitrogen and oxygen atoms in total. The Morgan fingerprint density at radius 3 is 2.83 bits per heavy atom. The number of hydrogen-bond acceptors (Lipinski definition) is 5. The third kappa shape index (κ3) is 3.97. The van der Waals surface area contributed by atoms with Crippen molar-refractivity contribution in [2.45, 2.75) is 0 Å². The molecule has 1 N–H and O–H groups in total. The molecule has 23 heavy (non-hydrogen) atoms. The van der Waals surface area contributed by atoms with E-state index in [0.717, 1.165) is 32.2 Å². The molecule has 3 aromatic rings. The number of anilines is 1. The molecule has 0 bridgehead atoms. The summed E-state index contributed by atoms with van der Waals surface area (Å²) in [6.45, 7) is 0. The normalized spacial score (nSPS) is 10.9. The topological polar surface area (TPSA) is 46.5 Å². The second-order valence-corrected chi connectivity index (χ2v) is 6.43. The molecule has 1 aromatic heterocycles. The Labute approximate surface area is 147 Å². The first-order valence-corrected chi connectivity index (χ1v) is 8.57. The molecule has 0 aliphatic rings. The van der Waals surface area contributed by atoms with Crippen LogP contribution in [0.4, 0.5) is 5.13 Å². The molecule has 0 unspecified atom stereocenters. The highest BCUT2D eigenvalue weighted by molar-refractivity contribution is 9.10. The molecular weight excluding hydrogens is 374 g/mol. The van der Waals surface area contributed by atoms with Gasteiger partial charge in [-0.05, 0) is 18.2 Å². The van der Waals surface area contributed by atoms with E-state index < -0.39 is 0 Å². The highest BCUT2D eigenvalue weighted by Gasteiger charge is 2.04. The van der Waals surface area contributed by atoms with Crippen LogP contribution in [0.25, 0.3) is 11.3 Å².